The lowest BCUT2D eigenvalue weighted by molar-refractivity contribution is -0.145. The summed E-state index contributed by atoms with van der Waals surface area (Å²) in [4.78, 5) is 24.3. The molecule has 6 nitrogen and oxygen atoms in total. The van der Waals surface area contributed by atoms with E-state index >= 15 is 0 Å². The van der Waals surface area contributed by atoms with Gasteiger partial charge in [-0.15, -0.1) is 0 Å². The standard InChI is InChI=1S/C12H20F3N3O3/c1-11(2,3)21-10(20)18-6-4-8(5-7-18)16-9(19)17-12(13,14)15/h8H,4-7H2,1-3H3,(H2,16,17,19). The molecule has 3 amide bonds. The fourth-order valence-corrected chi connectivity index (χ4v) is 1.88. The average Bonchev–Trinajstić information content (AvgIpc) is 2.24. The summed E-state index contributed by atoms with van der Waals surface area (Å²) in [7, 11) is 0. The van der Waals surface area contributed by atoms with Crippen LogP contribution in [-0.2, 0) is 4.74 Å². The maximum atomic E-state index is 11.9. The van der Waals surface area contributed by atoms with E-state index in [4.69, 9.17) is 4.74 Å². The largest absolute Gasteiger partial charge is 0.485 e. The van der Waals surface area contributed by atoms with Crippen molar-refractivity contribution in [1.82, 2.24) is 15.5 Å². The van der Waals surface area contributed by atoms with Crippen molar-refractivity contribution < 1.29 is 27.5 Å². The molecule has 0 spiro atoms. The first-order valence-electron chi connectivity index (χ1n) is 6.59. The molecule has 0 atom stereocenters. The Morgan fingerprint density at radius 3 is 2.10 bits per heavy atom. The first-order chi connectivity index (χ1) is 9.46. The van der Waals surface area contributed by atoms with Crippen molar-refractivity contribution in [1.29, 1.82) is 0 Å². The molecule has 1 fully saturated rings. The molecule has 0 aliphatic carbocycles. The SMILES string of the molecule is CC(C)(C)OC(=O)N1CCC(NC(=O)NC(F)(F)F)CC1. The molecule has 0 bridgehead atoms. The van der Waals surface area contributed by atoms with Gasteiger partial charge in [0.25, 0.3) is 0 Å². The van der Waals surface area contributed by atoms with Gasteiger partial charge in [-0.05, 0) is 33.6 Å². The number of carbonyl (C=O) groups excluding carboxylic acids is 2. The molecular formula is C12H20F3N3O3. The van der Waals surface area contributed by atoms with Crippen LogP contribution in [0.4, 0.5) is 22.8 Å². The van der Waals surface area contributed by atoms with E-state index in [-0.39, 0.29) is 0 Å². The molecule has 0 aromatic heterocycles. The third kappa shape index (κ3) is 7.05. The number of ether oxygens (including phenoxy) is 1. The highest BCUT2D eigenvalue weighted by molar-refractivity contribution is 5.74. The zero-order chi connectivity index (χ0) is 16.3. The van der Waals surface area contributed by atoms with Gasteiger partial charge >= 0.3 is 18.4 Å². The summed E-state index contributed by atoms with van der Waals surface area (Å²) in [6, 6.07) is -1.68. The van der Waals surface area contributed by atoms with Gasteiger partial charge in [0.1, 0.15) is 5.60 Å². The molecule has 0 radical (unpaired) electrons. The van der Waals surface area contributed by atoms with E-state index in [0.29, 0.717) is 25.9 Å². The lowest BCUT2D eigenvalue weighted by Crippen LogP contribution is -2.52. The molecule has 122 valence electrons. The van der Waals surface area contributed by atoms with Gasteiger partial charge in [-0.2, -0.15) is 13.2 Å². The Balaban J connectivity index is 2.35. The molecule has 1 aliphatic rings. The van der Waals surface area contributed by atoms with Crippen molar-refractivity contribution in [3.8, 4) is 0 Å². The monoisotopic (exact) mass is 311 g/mol. The van der Waals surface area contributed by atoms with Crippen molar-refractivity contribution >= 4 is 12.1 Å². The van der Waals surface area contributed by atoms with Crippen LogP contribution < -0.4 is 10.6 Å². The Morgan fingerprint density at radius 2 is 1.67 bits per heavy atom. The van der Waals surface area contributed by atoms with Gasteiger partial charge in [0.2, 0.25) is 0 Å². The molecule has 0 aromatic rings. The van der Waals surface area contributed by atoms with Gasteiger partial charge in [-0.25, -0.2) is 14.9 Å². The van der Waals surface area contributed by atoms with E-state index in [9.17, 15) is 22.8 Å². The second-order valence-corrected chi connectivity index (χ2v) is 5.84. The zero-order valence-electron chi connectivity index (χ0n) is 12.2. The maximum absolute atomic E-state index is 11.9. The normalized spacial score (nSPS) is 17.3. The van der Waals surface area contributed by atoms with Gasteiger partial charge in [-0.1, -0.05) is 0 Å². The smallest absolute Gasteiger partial charge is 0.444 e. The quantitative estimate of drug-likeness (QED) is 0.729. The summed E-state index contributed by atoms with van der Waals surface area (Å²) in [6.45, 7) is 5.90. The number of hydrogen-bond donors (Lipinski definition) is 2. The Bertz CT molecular complexity index is 385. The molecule has 9 heteroatoms. The summed E-state index contributed by atoms with van der Waals surface area (Å²) in [5.74, 6) is 0. The molecular weight excluding hydrogens is 291 g/mol. The molecule has 1 aliphatic heterocycles. The maximum Gasteiger partial charge on any atom is 0.485 e. The number of rotatable bonds is 1. The third-order valence-electron chi connectivity index (χ3n) is 2.74. The van der Waals surface area contributed by atoms with Crippen LogP contribution in [0.5, 0.6) is 0 Å². The number of halogens is 3. The van der Waals surface area contributed by atoms with Crippen LogP contribution in [-0.4, -0.2) is 48.1 Å². The van der Waals surface area contributed by atoms with E-state index in [1.165, 1.54) is 4.90 Å². The molecule has 1 heterocycles. The second kappa shape index (κ2) is 6.40. The van der Waals surface area contributed by atoms with Gasteiger partial charge in [0, 0.05) is 19.1 Å². The average molecular weight is 311 g/mol. The highest BCUT2D eigenvalue weighted by Crippen LogP contribution is 2.16. The van der Waals surface area contributed by atoms with E-state index in [1.807, 2.05) is 0 Å². The van der Waals surface area contributed by atoms with Crippen LogP contribution in [0.1, 0.15) is 33.6 Å². The van der Waals surface area contributed by atoms with Crippen LogP contribution >= 0.6 is 0 Å². The first-order valence-corrected chi connectivity index (χ1v) is 6.59. The summed E-state index contributed by atoms with van der Waals surface area (Å²) in [5.41, 5.74) is -0.598. The van der Waals surface area contributed by atoms with Crippen LogP contribution in [0.15, 0.2) is 0 Å². The van der Waals surface area contributed by atoms with Crippen molar-refractivity contribution in [3.63, 3.8) is 0 Å². The number of amides is 3. The van der Waals surface area contributed by atoms with Crippen LogP contribution in [0.25, 0.3) is 0 Å². The minimum atomic E-state index is -4.75. The fourth-order valence-electron chi connectivity index (χ4n) is 1.88. The molecule has 1 rings (SSSR count). The summed E-state index contributed by atoms with van der Waals surface area (Å²) >= 11 is 0. The van der Waals surface area contributed by atoms with E-state index in [2.05, 4.69) is 5.32 Å². The number of alkyl halides is 3. The van der Waals surface area contributed by atoms with E-state index in [1.54, 1.807) is 20.8 Å². The molecule has 1 saturated heterocycles. The minimum Gasteiger partial charge on any atom is -0.444 e. The van der Waals surface area contributed by atoms with Crippen molar-refractivity contribution in [2.45, 2.75) is 51.6 Å². The fraction of sp³-hybridized carbons (Fsp3) is 0.833. The van der Waals surface area contributed by atoms with Crippen LogP contribution in [0.3, 0.4) is 0 Å². The Hall–Kier alpha value is -1.67. The number of hydrogen-bond acceptors (Lipinski definition) is 3. The second-order valence-electron chi connectivity index (χ2n) is 5.84. The number of nitrogens with one attached hydrogen (secondary N) is 2. The molecule has 0 aromatic carbocycles. The highest BCUT2D eigenvalue weighted by Gasteiger charge is 2.32. The van der Waals surface area contributed by atoms with Gasteiger partial charge < -0.3 is 15.0 Å². The van der Waals surface area contributed by atoms with Crippen LogP contribution in [0, 0.1) is 0 Å². The topological polar surface area (TPSA) is 70.7 Å². The zero-order valence-corrected chi connectivity index (χ0v) is 12.2. The van der Waals surface area contributed by atoms with Gasteiger partial charge in [0.05, 0.1) is 0 Å². The van der Waals surface area contributed by atoms with Crippen molar-refractivity contribution in [2.75, 3.05) is 13.1 Å². The summed E-state index contributed by atoms with van der Waals surface area (Å²) in [5, 5.41) is 3.11. The number of piperidine rings is 1. The molecule has 2 N–H and O–H groups in total. The van der Waals surface area contributed by atoms with E-state index in [0.717, 1.165) is 5.32 Å². The minimum absolute atomic E-state index is 0.325. The van der Waals surface area contributed by atoms with Gasteiger partial charge in [0.15, 0.2) is 0 Å². The van der Waals surface area contributed by atoms with Crippen molar-refractivity contribution in [3.05, 3.63) is 0 Å². The lowest BCUT2D eigenvalue weighted by Gasteiger charge is -2.33. The van der Waals surface area contributed by atoms with Crippen molar-refractivity contribution in [2.24, 2.45) is 0 Å². The Morgan fingerprint density at radius 1 is 1.14 bits per heavy atom. The molecule has 0 unspecified atom stereocenters. The number of urea groups is 1. The third-order valence-corrected chi connectivity index (χ3v) is 2.74. The number of likely N-dealkylation sites (tertiary alicyclic amines) is 1. The number of nitrogens with zero attached hydrogens (tertiary/aromatic N) is 1. The van der Waals surface area contributed by atoms with E-state index < -0.39 is 30.1 Å². The lowest BCUT2D eigenvalue weighted by atomic mass is 10.1. The molecule has 0 saturated carbocycles. The molecule has 21 heavy (non-hydrogen) atoms. The summed E-state index contributed by atoms with van der Waals surface area (Å²) < 4.78 is 41.0. The highest BCUT2D eigenvalue weighted by atomic mass is 19.4. The predicted molar refractivity (Wildman–Crippen MR) is 68.6 cm³/mol. The number of carbonyl (C=O) groups is 2. The van der Waals surface area contributed by atoms with Gasteiger partial charge in [-0.3, -0.25) is 0 Å². The predicted octanol–water partition coefficient (Wildman–Crippen LogP) is 2.20. The Labute approximate surface area is 121 Å². The summed E-state index contributed by atoms with van der Waals surface area (Å²) in [6.07, 6.45) is -4.45. The Kier molecular flexibility index (Phi) is 5.30. The van der Waals surface area contributed by atoms with Crippen LogP contribution in [0.2, 0.25) is 0 Å². The first kappa shape index (κ1) is 17.4.